The van der Waals surface area contributed by atoms with Crippen LogP contribution in [0.3, 0.4) is 0 Å². The Morgan fingerprint density at radius 2 is 1.55 bits per heavy atom. The van der Waals surface area contributed by atoms with Gasteiger partial charge < -0.3 is 10.1 Å². The number of nitrogens with one attached hydrogen (secondary N) is 1. The Labute approximate surface area is 173 Å². The summed E-state index contributed by atoms with van der Waals surface area (Å²) in [4.78, 5) is 12.4. The number of hydrogen-bond acceptors (Lipinski definition) is 2. The Kier molecular flexibility index (Phi) is 7.07. The minimum Gasteiger partial charge on any atom is -0.496 e. The molecule has 3 nitrogen and oxygen atoms in total. The van der Waals surface area contributed by atoms with E-state index in [-0.39, 0.29) is 5.91 Å². The molecule has 1 N–H and O–H groups in total. The van der Waals surface area contributed by atoms with E-state index in [0.29, 0.717) is 23.8 Å². The summed E-state index contributed by atoms with van der Waals surface area (Å²) in [6.45, 7) is 5.06. The van der Waals surface area contributed by atoms with Crippen molar-refractivity contribution in [2.45, 2.75) is 32.6 Å². The molecule has 0 spiro atoms. The Hall–Kier alpha value is -3.07. The van der Waals surface area contributed by atoms with Gasteiger partial charge in [-0.1, -0.05) is 74.5 Å². The fourth-order valence-electron chi connectivity index (χ4n) is 3.35. The molecule has 1 atom stereocenters. The first-order valence-corrected chi connectivity index (χ1v) is 10.2. The lowest BCUT2D eigenvalue weighted by atomic mass is 9.95. The molecule has 150 valence electrons. The van der Waals surface area contributed by atoms with Crippen LogP contribution in [0.2, 0.25) is 0 Å². The highest BCUT2D eigenvalue weighted by atomic mass is 16.5. The summed E-state index contributed by atoms with van der Waals surface area (Å²) in [6, 6.07) is 24.7. The third-order valence-electron chi connectivity index (χ3n) is 5.43. The van der Waals surface area contributed by atoms with Crippen molar-refractivity contribution in [2.75, 3.05) is 13.7 Å². The molecule has 0 heterocycles. The van der Waals surface area contributed by atoms with E-state index in [1.165, 1.54) is 22.3 Å². The van der Waals surface area contributed by atoms with Crippen LogP contribution >= 0.6 is 0 Å². The molecule has 0 aliphatic carbocycles. The van der Waals surface area contributed by atoms with Crippen LogP contribution in [0.25, 0.3) is 11.1 Å². The molecule has 0 saturated heterocycles. The Bertz CT molecular complexity index is 930. The van der Waals surface area contributed by atoms with E-state index in [4.69, 9.17) is 4.74 Å². The van der Waals surface area contributed by atoms with Crippen molar-refractivity contribution in [1.82, 2.24) is 5.32 Å². The van der Waals surface area contributed by atoms with Gasteiger partial charge in [0.1, 0.15) is 5.75 Å². The zero-order chi connectivity index (χ0) is 20.6. The van der Waals surface area contributed by atoms with Gasteiger partial charge in [-0.3, -0.25) is 4.79 Å². The van der Waals surface area contributed by atoms with Gasteiger partial charge in [-0.25, -0.2) is 0 Å². The summed E-state index contributed by atoms with van der Waals surface area (Å²) in [6.07, 6.45) is 1.94. The average Bonchev–Trinajstić information content (AvgIpc) is 2.79. The molecule has 1 unspecified atom stereocenters. The van der Waals surface area contributed by atoms with E-state index in [0.717, 1.165) is 12.8 Å². The van der Waals surface area contributed by atoms with Crippen LogP contribution in [0.5, 0.6) is 5.75 Å². The summed E-state index contributed by atoms with van der Waals surface area (Å²) in [5, 5.41) is 2.97. The maximum atomic E-state index is 12.4. The van der Waals surface area contributed by atoms with Gasteiger partial charge in [0.25, 0.3) is 5.91 Å². The fourth-order valence-corrected chi connectivity index (χ4v) is 3.35. The van der Waals surface area contributed by atoms with Gasteiger partial charge >= 0.3 is 0 Å². The van der Waals surface area contributed by atoms with Gasteiger partial charge in [-0.2, -0.15) is 0 Å². The van der Waals surface area contributed by atoms with Crippen LogP contribution in [0.4, 0.5) is 0 Å². The third kappa shape index (κ3) is 5.26. The summed E-state index contributed by atoms with van der Waals surface area (Å²) >= 11 is 0. The predicted octanol–water partition coefficient (Wildman–Crippen LogP) is 5.85. The lowest BCUT2D eigenvalue weighted by Gasteiger charge is -2.11. The summed E-state index contributed by atoms with van der Waals surface area (Å²) in [5.41, 5.74) is 5.59. The van der Waals surface area contributed by atoms with E-state index >= 15 is 0 Å². The number of methoxy groups -OCH3 is 1. The molecule has 1 amide bonds. The first-order chi connectivity index (χ1) is 14.1. The number of hydrogen-bond donors (Lipinski definition) is 1. The van der Waals surface area contributed by atoms with E-state index in [1.54, 1.807) is 19.2 Å². The molecule has 3 aromatic rings. The van der Waals surface area contributed by atoms with Crippen molar-refractivity contribution in [3.8, 4) is 16.9 Å². The fraction of sp³-hybridized carbons (Fsp3) is 0.269. The SMILES string of the molecule is CCC(C)c1ccc(-c2ccc(CCNC(=O)c3ccccc3OC)cc2)cc1. The predicted molar refractivity (Wildman–Crippen MR) is 120 cm³/mol. The second-order valence-corrected chi connectivity index (χ2v) is 7.33. The topological polar surface area (TPSA) is 38.3 Å². The molecule has 0 bridgehead atoms. The monoisotopic (exact) mass is 387 g/mol. The van der Waals surface area contributed by atoms with Crippen LogP contribution in [-0.2, 0) is 6.42 Å². The molecule has 3 rings (SSSR count). The van der Waals surface area contributed by atoms with Gasteiger partial charge in [0, 0.05) is 6.54 Å². The Morgan fingerprint density at radius 1 is 0.931 bits per heavy atom. The van der Waals surface area contributed by atoms with Crippen molar-refractivity contribution in [2.24, 2.45) is 0 Å². The van der Waals surface area contributed by atoms with Gasteiger partial charge in [-0.05, 0) is 53.1 Å². The van der Waals surface area contributed by atoms with Crippen LogP contribution < -0.4 is 10.1 Å². The summed E-state index contributed by atoms with van der Waals surface area (Å²) < 4.78 is 5.25. The summed E-state index contributed by atoms with van der Waals surface area (Å²) in [7, 11) is 1.57. The third-order valence-corrected chi connectivity index (χ3v) is 5.43. The molecule has 3 aromatic carbocycles. The highest BCUT2D eigenvalue weighted by molar-refractivity contribution is 5.96. The second kappa shape index (κ2) is 9.92. The molecule has 29 heavy (non-hydrogen) atoms. The summed E-state index contributed by atoms with van der Waals surface area (Å²) in [5.74, 6) is 1.08. The zero-order valence-corrected chi connectivity index (χ0v) is 17.4. The van der Waals surface area contributed by atoms with E-state index < -0.39 is 0 Å². The standard InChI is InChI=1S/C26H29NO2/c1-4-19(2)21-13-15-23(16-14-21)22-11-9-20(10-12-22)17-18-27-26(28)24-7-5-6-8-25(24)29-3/h5-16,19H,4,17-18H2,1-3H3,(H,27,28). The largest absolute Gasteiger partial charge is 0.496 e. The van der Waals surface area contributed by atoms with Crippen molar-refractivity contribution < 1.29 is 9.53 Å². The molecule has 3 heteroatoms. The van der Waals surface area contributed by atoms with Crippen LogP contribution in [0, 0.1) is 0 Å². The number of carbonyl (C=O) groups is 1. The molecular weight excluding hydrogens is 358 g/mol. The van der Waals surface area contributed by atoms with Gasteiger partial charge in [0.2, 0.25) is 0 Å². The van der Waals surface area contributed by atoms with Crippen molar-refractivity contribution >= 4 is 5.91 Å². The van der Waals surface area contributed by atoms with Crippen molar-refractivity contribution in [1.29, 1.82) is 0 Å². The molecule has 0 saturated carbocycles. The Balaban J connectivity index is 1.56. The lowest BCUT2D eigenvalue weighted by Crippen LogP contribution is -2.26. The zero-order valence-electron chi connectivity index (χ0n) is 17.4. The minimum absolute atomic E-state index is 0.111. The highest BCUT2D eigenvalue weighted by Gasteiger charge is 2.10. The molecule has 0 aromatic heterocycles. The van der Waals surface area contributed by atoms with Gasteiger partial charge in [0.05, 0.1) is 12.7 Å². The van der Waals surface area contributed by atoms with Crippen LogP contribution in [0.15, 0.2) is 72.8 Å². The highest BCUT2D eigenvalue weighted by Crippen LogP contribution is 2.24. The van der Waals surface area contributed by atoms with Gasteiger partial charge in [0.15, 0.2) is 0 Å². The molecule has 0 radical (unpaired) electrons. The van der Waals surface area contributed by atoms with E-state index in [1.807, 2.05) is 12.1 Å². The maximum absolute atomic E-state index is 12.4. The first-order valence-electron chi connectivity index (χ1n) is 10.2. The molecule has 0 fully saturated rings. The van der Waals surface area contributed by atoms with Crippen molar-refractivity contribution in [3.05, 3.63) is 89.5 Å². The van der Waals surface area contributed by atoms with Crippen LogP contribution in [0.1, 0.15) is 47.7 Å². The van der Waals surface area contributed by atoms with E-state index in [9.17, 15) is 4.79 Å². The maximum Gasteiger partial charge on any atom is 0.255 e. The number of rotatable bonds is 8. The number of ether oxygens (including phenoxy) is 1. The average molecular weight is 388 g/mol. The number of carbonyl (C=O) groups excluding carboxylic acids is 1. The quantitative estimate of drug-likeness (QED) is 0.527. The normalized spacial score (nSPS) is 11.7. The van der Waals surface area contributed by atoms with E-state index in [2.05, 4.69) is 67.7 Å². The molecule has 0 aliphatic heterocycles. The number of para-hydroxylation sites is 1. The van der Waals surface area contributed by atoms with Gasteiger partial charge in [-0.15, -0.1) is 0 Å². The lowest BCUT2D eigenvalue weighted by molar-refractivity contribution is 0.0951. The smallest absolute Gasteiger partial charge is 0.255 e. The number of benzene rings is 3. The minimum atomic E-state index is -0.111. The van der Waals surface area contributed by atoms with Crippen LogP contribution in [-0.4, -0.2) is 19.6 Å². The Morgan fingerprint density at radius 3 is 2.17 bits per heavy atom. The van der Waals surface area contributed by atoms with Crippen molar-refractivity contribution in [3.63, 3.8) is 0 Å². The molecule has 0 aliphatic rings. The second-order valence-electron chi connectivity index (χ2n) is 7.33. The molecular formula is C26H29NO2. The number of amides is 1. The first kappa shape index (κ1) is 20.7.